The van der Waals surface area contributed by atoms with E-state index in [0.717, 1.165) is 25.2 Å². The number of hydrogen-bond acceptors (Lipinski definition) is 2. The first-order valence-corrected chi connectivity index (χ1v) is 6.36. The molecule has 0 bridgehead atoms. The van der Waals surface area contributed by atoms with Crippen molar-refractivity contribution in [2.24, 2.45) is 0 Å². The Balaban J connectivity index is 2.30. The summed E-state index contributed by atoms with van der Waals surface area (Å²) in [6, 6.07) is 8.47. The molecule has 3 nitrogen and oxygen atoms in total. The molecule has 1 heterocycles. The number of carbonyl (C=O) groups excluding carboxylic acids is 1. The van der Waals surface area contributed by atoms with E-state index in [1.165, 1.54) is 5.56 Å². The van der Waals surface area contributed by atoms with E-state index in [9.17, 15) is 4.79 Å². The Morgan fingerprint density at radius 3 is 2.82 bits per heavy atom. The minimum absolute atomic E-state index is 0.251. The molecule has 1 aliphatic heterocycles. The fourth-order valence-corrected chi connectivity index (χ4v) is 2.42. The second kappa shape index (κ2) is 5.32. The van der Waals surface area contributed by atoms with Gasteiger partial charge in [0.1, 0.15) is 0 Å². The van der Waals surface area contributed by atoms with E-state index in [1.807, 2.05) is 23.1 Å². The van der Waals surface area contributed by atoms with E-state index in [0.29, 0.717) is 6.42 Å². The lowest BCUT2D eigenvalue weighted by molar-refractivity contribution is -0.117. The molecule has 2 rings (SSSR count). The fourth-order valence-electron chi connectivity index (χ4n) is 2.42. The predicted octanol–water partition coefficient (Wildman–Crippen LogP) is 2.48. The zero-order chi connectivity index (χ0) is 12.3. The van der Waals surface area contributed by atoms with Gasteiger partial charge in [-0.15, -0.1) is 0 Å². The highest BCUT2D eigenvalue weighted by atomic mass is 16.2. The van der Waals surface area contributed by atoms with Crippen LogP contribution in [-0.2, 0) is 4.79 Å². The topological polar surface area (TPSA) is 32.3 Å². The predicted molar refractivity (Wildman–Crippen MR) is 70.1 cm³/mol. The second-order valence-electron chi connectivity index (χ2n) is 4.49. The van der Waals surface area contributed by atoms with Crippen LogP contribution in [0.1, 0.15) is 38.3 Å². The third kappa shape index (κ3) is 2.50. The van der Waals surface area contributed by atoms with Crippen LogP contribution in [0.2, 0.25) is 0 Å². The third-order valence-corrected chi connectivity index (χ3v) is 3.28. The molecule has 1 unspecified atom stereocenters. The van der Waals surface area contributed by atoms with Gasteiger partial charge in [0.15, 0.2) is 0 Å². The van der Waals surface area contributed by atoms with Crippen molar-refractivity contribution in [2.45, 2.75) is 32.7 Å². The minimum atomic E-state index is 0.251. The van der Waals surface area contributed by atoms with Crippen molar-refractivity contribution < 1.29 is 4.79 Å². The lowest BCUT2D eigenvalue weighted by Crippen LogP contribution is -2.27. The van der Waals surface area contributed by atoms with Crippen LogP contribution in [0.3, 0.4) is 0 Å². The number of nitrogens with one attached hydrogen (secondary N) is 1. The summed E-state index contributed by atoms with van der Waals surface area (Å²) in [6.45, 7) is 6.03. The zero-order valence-electron chi connectivity index (χ0n) is 10.6. The minimum Gasteiger partial charge on any atom is -0.312 e. The molecule has 1 amide bonds. The monoisotopic (exact) mass is 232 g/mol. The van der Waals surface area contributed by atoms with Gasteiger partial charge in [-0.3, -0.25) is 4.79 Å². The summed E-state index contributed by atoms with van der Waals surface area (Å²) in [4.78, 5) is 13.7. The number of hydrogen-bond donors (Lipinski definition) is 1. The molecule has 1 aromatic rings. The van der Waals surface area contributed by atoms with E-state index >= 15 is 0 Å². The average molecular weight is 232 g/mol. The maximum Gasteiger partial charge on any atom is 0.227 e. The Labute approximate surface area is 103 Å². The first kappa shape index (κ1) is 12.1. The smallest absolute Gasteiger partial charge is 0.227 e. The van der Waals surface area contributed by atoms with Crippen LogP contribution in [0.5, 0.6) is 0 Å². The van der Waals surface area contributed by atoms with E-state index in [1.54, 1.807) is 0 Å². The fraction of sp³-hybridized carbons (Fsp3) is 0.500. The van der Waals surface area contributed by atoms with Gasteiger partial charge in [-0.05, 0) is 31.5 Å². The van der Waals surface area contributed by atoms with Crippen molar-refractivity contribution in [3.05, 3.63) is 29.8 Å². The normalized spacial score (nSPS) is 17.5. The van der Waals surface area contributed by atoms with E-state index in [-0.39, 0.29) is 11.9 Å². The number of amides is 1. The number of para-hydroxylation sites is 1. The first-order chi connectivity index (χ1) is 8.24. The van der Waals surface area contributed by atoms with E-state index in [4.69, 9.17) is 0 Å². The van der Waals surface area contributed by atoms with Gasteiger partial charge in [0.25, 0.3) is 0 Å². The second-order valence-corrected chi connectivity index (χ2v) is 4.49. The Morgan fingerprint density at radius 2 is 2.18 bits per heavy atom. The number of nitrogens with zero attached hydrogens (tertiary/aromatic N) is 1. The zero-order valence-corrected chi connectivity index (χ0v) is 10.6. The van der Waals surface area contributed by atoms with Gasteiger partial charge in [-0.25, -0.2) is 0 Å². The highest BCUT2D eigenvalue weighted by molar-refractivity contribution is 5.96. The summed E-state index contributed by atoms with van der Waals surface area (Å²) >= 11 is 0. The maximum atomic E-state index is 11.8. The summed E-state index contributed by atoms with van der Waals surface area (Å²) in [5, 5.41) is 3.40. The van der Waals surface area contributed by atoms with Crippen LogP contribution in [0.4, 0.5) is 5.69 Å². The van der Waals surface area contributed by atoms with Gasteiger partial charge in [-0.2, -0.15) is 0 Å². The molecule has 3 heteroatoms. The number of anilines is 1. The molecule has 0 saturated carbocycles. The SMILES string of the molecule is CCNC(C)c1ccccc1N1CCCC1=O. The number of rotatable bonds is 4. The quantitative estimate of drug-likeness (QED) is 0.865. The average Bonchev–Trinajstić information content (AvgIpc) is 2.76. The summed E-state index contributed by atoms with van der Waals surface area (Å²) < 4.78 is 0. The molecule has 1 saturated heterocycles. The van der Waals surface area contributed by atoms with Gasteiger partial charge in [0.2, 0.25) is 5.91 Å². The molecule has 1 fully saturated rings. The van der Waals surface area contributed by atoms with Gasteiger partial charge in [-0.1, -0.05) is 25.1 Å². The Morgan fingerprint density at radius 1 is 1.41 bits per heavy atom. The Hall–Kier alpha value is -1.35. The standard InChI is InChI=1S/C14H20N2O/c1-3-15-11(2)12-7-4-5-8-13(12)16-10-6-9-14(16)17/h4-5,7-8,11,15H,3,6,9-10H2,1-2H3. The van der Waals surface area contributed by atoms with Crippen LogP contribution < -0.4 is 10.2 Å². The lowest BCUT2D eigenvalue weighted by Gasteiger charge is -2.23. The van der Waals surface area contributed by atoms with Crippen molar-refractivity contribution in [1.82, 2.24) is 5.32 Å². The maximum absolute atomic E-state index is 11.8. The molecule has 0 aliphatic carbocycles. The van der Waals surface area contributed by atoms with Crippen LogP contribution >= 0.6 is 0 Å². The molecule has 1 N–H and O–H groups in total. The van der Waals surface area contributed by atoms with Crippen LogP contribution in [0, 0.1) is 0 Å². The number of carbonyl (C=O) groups is 1. The highest BCUT2D eigenvalue weighted by Crippen LogP contribution is 2.29. The molecular weight excluding hydrogens is 212 g/mol. The van der Waals surface area contributed by atoms with Crippen molar-refractivity contribution in [1.29, 1.82) is 0 Å². The van der Waals surface area contributed by atoms with Crippen molar-refractivity contribution in [3.8, 4) is 0 Å². The molecule has 1 atom stereocenters. The molecule has 1 aromatic carbocycles. The third-order valence-electron chi connectivity index (χ3n) is 3.28. The van der Waals surface area contributed by atoms with E-state index < -0.39 is 0 Å². The Bertz CT molecular complexity index is 403. The molecule has 1 aliphatic rings. The van der Waals surface area contributed by atoms with Gasteiger partial charge in [0.05, 0.1) is 0 Å². The van der Waals surface area contributed by atoms with E-state index in [2.05, 4.69) is 25.2 Å². The van der Waals surface area contributed by atoms with Crippen LogP contribution in [-0.4, -0.2) is 19.0 Å². The molecule has 0 aromatic heterocycles. The van der Waals surface area contributed by atoms with Crippen molar-refractivity contribution >= 4 is 11.6 Å². The molecule has 92 valence electrons. The van der Waals surface area contributed by atoms with Crippen molar-refractivity contribution in [3.63, 3.8) is 0 Å². The lowest BCUT2D eigenvalue weighted by atomic mass is 10.1. The van der Waals surface area contributed by atoms with Gasteiger partial charge < -0.3 is 10.2 Å². The highest BCUT2D eigenvalue weighted by Gasteiger charge is 2.24. The molecule has 17 heavy (non-hydrogen) atoms. The molecular formula is C14H20N2O. The van der Waals surface area contributed by atoms with Crippen LogP contribution in [0.15, 0.2) is 24.3 Å². The largest absolute Gasteiger partial charge is 0.312 e. The van der Waals surface area contributed by atoms with Gasteiger partial charge >= 0.3 is 0 Å². The van der Waals surface area contributed by atoms with Crippen LogP contribution in [0.25, 0.3) is 0 Å². The van der Waals surface area contributed by atoms with Gasteiger partial charge in [0, 0.05) is 24.7 Å². The summed E-state index contributed by atoms with van der Waals surface area (Å²) in [6.07, 6.45) is 1.66. The van der Waals surface area contributed by atoms with Crippen molar-refractivity contribution in [2.75, 3.05) is 18.0 Å². The number of benzene rings is 1. The Kier molecular flexibility index (Phi) is 3.79. The first-order valence-electron chi connectivity index (χ1n) is 6.36. The molecule has 0 radical (unpaired) electrons. The molecule has 0 spiro atoms. The summed E-state index contributed by atoms with van der Waals surface area (Å²) in [7, 11) is 0. The summed E-state index contributed by atoms with van der Waals surface area (Å²) in [5.41, 5.74) is 2.29. The summed E-state index contributed by atoms with van der Waals surface area (Å²) in [5.74, 6) is 0.251.